The maximum Gasteiger partial charge on any atom is 0.410 e. The average molecular weight is 657 g/mol. The number of amides is 1. The van der Waals surface area contributed by atoms with E-state index in [1.807, 2.05) is 80.3 Å². The molecule has 0 radical (unpaired) electrons. The van der Waals surface area contributed by atoms with Crippen LogP contribution in [0.1, 0.15) is 65.2 Å². The first-order chi connectivity index (χ1) is 22.8. The Kier molecular flexibility index (Phi) is 11.0. The Morgan fingerprint density at radius 3 is 2.04 bits per heavy atom. The predicted octanol–water partition coefficient (Wildman–Crippen LogP) is 7.28. The van der Waals surface area contributed by atoms with Gasteiger partial charge in [-0.3, -0.25) is 4.90 Å². The average Bonchev–Trinajstić information content (AvgIpc) is 3.50. The van der Waals surface area contributed by atoms with Gasteiger partial charge in [0.05, 0.1) is 13.2 Å². The van der Waals surface area contributed by atoms with Crippen LogP contribution in [0, 0.1) is 11.8 Å². The maximum absolute atomic E-state index is 13.3. The summed E-state index contributed by atoms with van der Waals surface area (Å²) >= 11 is 0. The molecule has 48 heavy (non-hydrogen) atoms. The van der Waals surface area contributed by atoms with Crippen molar-refractivity contribution < 1.29 is 28.5 Å². The minimum Gasteiger partial charge on any atom is -0.492 e. The molecule has 1 saturated heterocycles. The van der Waals surface area contributed by atoms with E-state index in [0.717, 1.165) is 25.2 Å². The number of esters is 1. The SMILES string of the molecule is CCOC(=O)[C@H](Cc1ccc(OCCN(C(=O)OC(C)(C)C)C2[C@H]3CN(Cc4ccccc4)C[C@@H]23)cc1)Oc1ccc(C(C)(C)C)cc1. The molecule has 2 aliphatic rings. The lowest BCUT2D eigenvalue weighted by atomic mass is 9.87. The number of rotatable bonds is 13. The number of hydrogen-bond acceptors (Lipinski definition) is 7. The molecule has 1 unspecified atom stereocenters. The maximum atomic E-state index is 13.3. The number of likely N-dealkylation sites (tertiary alicyclic amines) is 1. The third kappa shape index (κ3) is 9.53. The van der Waals surface area contributed by atoms with Crippen LogP contribution in [0.2, 0.25) is 0 Å². The van der Waals surface area contributed by atoms with E-state index < -0.39 is 17.7 Å². The summed E-state index contributed by atoms with van der Waals surface area (Å²) in [6.07, 6.45) is -0.701. The first-order valence-electron chi connectivity index (χ1n) is 17.2. The fraction of sp³-hybridized carbons (Fsp3) is 0.500. The van der Waals surface area contributed by atoms with Crippen molar-refractivity contribution in [2.45, 2.75) is 84.6 Å². The Labute approximate surface area is 286 Å². The van der Waals surface area contributed by atoms with Gasteiger partial charge in [-0.15, -0.1) is 0 Å². The van der Waals surface area contributed by atoms with Crippen LogP contribution in [0.5, 0.6) is 11.5 Å². The Balaban J connectivity index is 1.16. The molecule has 5 rings (SSSR count). The van der Waals surface area contributed by atoms with Crippen LogP contribution in [0.15, 0.2) is 78.9 Å². The highest BCUT2D eigenvalue weighted by Crippen LogP contribution is 2.49. The normalized spacial score (nSPS) is 19.6. The fourth-order valence-electron chi connectivity index (χ4n) is 6.50. The Hall–Kier alpha value is -4.04. The van der Waals surface area contributed by atoms with E-state index in [4.69, 9.17) is 18.9 Å². The molecule has 0 spiro atoms. The van der Waals surface area contributed by atoms with Gasteiger partial charge in [0.15, 0.2) is 6.10 Å². The topological polar surface area (TPSA) is 77.5 Å². The van der Waals surface area contributed by atoms with Gasteiger partial charge in [-0.2, -0.15) is 0 Å². The number of hydrogen-bond donors (Lipinski definition) is 0. The van der Waals surface area contributed by atoms with E-state index in [0.29, 0.717) is 42.9 Å². The van der Waals surface area contributed by atoms with Crippen molar-refractivity contribution in [3.63, 3.8) is 0 Å². The van der Waals surface area contributed by atoms with Gasteiger partial charge in [-0.25, -0.2) is 9.59 Å². The number of benzene rings is 3. The lowest BCUT2D eigenvalue weighted by molar-refractivity contribution is -0.151. The standard InChI is InChI=1S/C40H52N2O6/c1-8-45-37(43)35(47-32-20-16-30(17-21-32)39(2,3)4)24-28-14-18-31(19-15-28)46-23-22-42(38(44)48-40(5,6)7)36-33-26-41(27-34(33)36)25-29-12-10-9-11-13-29/h9-21,33-36H,8,22-27H2,1-7H3/t33-,34+,35-,36?/m0/s1. The number of ether oxygens (including phenoxy) is 4. The van der Waals surface area contributed by atoms with Crippen molar-refractivity contribution >= 4 is 12.1 Å². The smallest absolute Gasteiger partial charge is 0.410 e. The fourth-order valence-corrected chi connectivity index (χ4v) is 6.50. The van der Waals surface area contributed by atoms with E-state index in [1.54, 1.807) is 6.92 Å². The molecule has 1 aliphatic heterocycles. The summed E-state index contributed by atoms with van der Waals surface area (Å²) < 4.78 is 23.4. The van der Waals surface area contributed by atoms with Crippen molar-refractivity contribution in [2.24, 2.45) is 11.8 Å². The summed E-state index contributed by atoms with van der Waals surface area (Å²) in [7, 11) is 0. The van der Waals surface area contributed by atoms with Crippen molar-refractivity contribution in [1.82, 2.24) is 9.80 Å². The number of carbonyl (C=O) groups excluding carboxylic acids is 2. The van der Waals surface area contributed by atoms with Crippen LogP contribution in [0.25, 0.3) is 0 Å². The largest absolute Gasteiger partial charge is 0.492 e. The molecule has 4 atom stereocenters. The van der Waals surface area contributed by atoms with Crippen molar-refractivity contribution in [1.29, 1.82) is 0 Å². The van der Waals surface area contributed by atoms with Gasteiger partial charge in [0.25, 0.3) is 0 Å². The first-order valence-corrected chi connectivity index (χ1v) is 17.2. The van der Waals surface area contributed by atoms with Crippen LogP contribution in [0.3, 0.4) is 0 Å². The number of nitrogens with zero attached hydrogens (tertiary/aromatic N) is 2. The summed E-state index contributed by atoms with van der Waals surface area (Å²) in [5.74, 6) is 1.82. The molecule has 258 valence electrons. The minimum absolute atomic E-state index is 0.0262. The molecule has 3 aromatic rings. The molecule has 1 amide bonds. The van der Waals surface area contributed by atoms with E-state index in [2.05, 4.69) is 49.9 Å². The van der Waals surface area contributed by atoms with Gasteiger partial charge in [-0.05, 0) is 85.9 Å². The Morgan fingerprint density at radius 2 is 1.46 bits per heavy atom. The molecular weight excluding hydrogens is 604 g/mol. The highest BCUT2D eigenvalue weighted by Gasteiger charge is 2.59. The zero-order valence-corrected chi connectivity index (χ0v) is 29.6. The number of piperidine rings is 1. The third-order valence-electron chi connectivity index (χ3n) is 8.95. The van der Waals surface area contributed by atoms with Gasteiger partial charge < -0.3 is 23.8 Å². The first kappa shape index (κ1) is 35.3. The molecule has 1 aliphatic carbocycles. The Bertz CT molecular complexity index is 1480. The van der Waals surface area contributed by atoms with Gasteiger partial charge in [-0.1, -0.05) is 75.4 Å². The Morgan fingerprint density at radius 1 is 0.833 bits per heavy atom. The van der Waals surface area contributed by atoms with Crippen molar-refractivity contribution in [3.8, 4) is 11.5 Å². The second-order valence-electron chi connectivity index (χ2n) is 15.0. The summed E-state index contributed by atoms with van der Waals surface area (Å²) in [6.45, 7) is 17.9. The molecule has 0 aromatic heterocycles. The van der Waals surface area contributed by atoms with Crippen LogP contribution in [-0.2, 0) is 32.6 Å². The van der Waals surface area contributed by atoms with E-state index >= 15 is 0 Å². The van der Waals surface area contributed by atoms with Gasteiger partial charge >= 0.3 is 12.1 Å². The van der Waals surface area contributed by atoms with Crippen molar-refractivity contribution in [3.05, 3.63) is 95.6 Å². The summed E-state index contributed by atoms with van der Waals surface area (Å²) in [6, 6.07) is 26.2. The van der Waals surface area contributed by atoms with E-state index in [1.165, 1.54) is 11.1 Å². The summed E-state index contributed by atoms with van der Waals surface area (Å²) in [5.41, 5.74) is 2.88. The molecule has 0 N–H and O–H groups in total. The lowest BCUT2D eigenvalue weighted by Gasteiger charge is -2.30. The molecule has 2 fully saturated rings. The molecule has 8 heteroatoms. The van der Waals surface area contributed by atoms with Gasteiger partial charge in [0, 0.05) is 32.1 Å². The van der Waals surface area contributed by atoms with Gasteiger partial charge in [0.2, 0.25) is 0 Å². The predicted molar refractivity (Wildman–Crippen MR) is 187 cm³/mol. The summed E-state index contributed by atoms with van der Waals surface area (Å²) in [4.78, 5) is 30.5. The number of fused-ring (bicyclic) bond motifs is 1. The zero-order chi connectivity index (χ0) is 34.5. The molecule has 0 bridgehead atoms. The van der Waals surface area contributed by atoms with Crippen LogP contribution < -0.4 is 9.47 Å². The van der Waals surface area contributed by atoms with Crippen LogP contribution in [-0.4, -0.2) is 72.5 Å². The van der Waals surface area contributed by atoms with Crippen LogP contribution in [0.4, 0.5) is 4.79 Å². The molecular formula is C40H52N2O6. The number of carbonyl (C=O) groups is 2. The highest BCUT2D eigenvalue weighted by atomic mass is 16.6. The minimum atomic E-state index is -0.777. The summed E-state index contributed by atoms with van der Waals surface area (Å²) in [5, 5.41) is 0. The van der Waals surface area contributed by atoms with Gasteiger partial charge in [0.1, 0.15) is 23.7 Å². The lowest BCUT2D eigenvalue weighted by Crippen LogP contribution is -2.43. The molecule has 3 aromatic carbocycles. The second kappa shape index (κ2) is 15.0. The van der Waals surface area contributed by atoms with Crippen LogP contribution >= 0.6 is 0 Å². The van der Waals surface area contributed by atoms with E-state index in [-0.39, 0.29) is 24.2 Å². The molecule has 8 nitrogen and oxygen atoms in total. The molecule has 1 heterocycles. The molecule has 1 saturated carbocycles. The highest BCUT2D eigenvalue weighted by molar-refractivity contribution is 5.75. The monoisotopic (exact) mass is 656 g/mol. The quantitative estimate of drug-likeness (QED) is 0.179. The van der Waals surface area contributed by atoms with E-state index in [9.17, 15) is 9.59 Å². The zero-order valence-electron chi connectivity index (χ0n) is 29.6. The third-order valence-corrected chi connectivity index (χ3v) is 8.95. The second-order valence-corrected chi connectivity index (χ2v) is 15.0. The van der Waals surface area contributed by atoms with Crippen molar-refractivity contribution in [2.75, 3.05) is 32.8 Å².